The second-order valence-electron chi connectivity index (χ2n) is 4.31. The maximum atomic E-state index is 12.0. The molecule has 0 fully saturated rings. The van der Waals surface area contributed by atoms with Crippen molar-refractivity contribution >= 4 is 11.0 Å². The summed E-state index contributed by atoms with van der Waals surface area (Å²) in [4.78, 5) is 12.0. The molecule has 6 heteroatoms. The minimum absolute atomic E-state index is 0.339. The number of fused-ring (bicyclic) bond motifs is 1. The zero-order valence-electron chi connectivity index (χ0n) is 11.5. The van der Waals surface area contributed by atoms with Crippen molar-refractivity contribution < 1.29 is 13.9 Å². The minimum Gasteiger partial charge on any atom is -0.497 e. The van der Waals surface area contributed by atoms with Crippen molar-refractivity contribution in [2.75, 3.05) is 14.2 Å². The zero-order valence-corrected chi connectivity index (χ0v) is 11.5. The summed E-state index contributed by atoms with van der Waals surface area (Å²) in [5.41, 5.74) is 0.790. The maximum Gasteiger partial charge on any atom is 0.345 e. The van der Waals surface area contributed by atoms with Crippen molar-refractivity contribution in [3.05, 3.63) is 46.8 Å². The molecule has 2 aromatic heterocycles. The van der Waals surface area contributed by atoms with Gasteiger partial charge in [0, 0.05) is 11.5 Å². The Labute approximate surface area is 120 Å². The number of hydrogen-bond donors (Lipinski definition) is 0. The summed E-state index contributed by atoms with van der Waals surface area (Å²) >= 11 is 0. The standard InChI is InChI=1S/C15H12N2O4/c1-19-10-3-5-13-9(7-10)8-11(15(18)21-13)12-4-6-14(20-2)17-16-12/h3-8H,1-2H3. The Morgan fingerprint density at radius 3 is 2.52 bits per heavy atom. The largest absolute Gasteiger partial charge is 0.497 e. The Hall–Kier alpha value is -2.89. The summed E-state index contributed by atoms with van der Waals surface area (Å²) in [6.07, 6.45) is 0. The van der Waals surface area contributed by atoms with E-state index in [0.29, 0.717) is 28.5 Å². The first kappa shape index (κ1) is 13.1. The highest BCUT2D eigenvalue weighted by Gasteiger charge is 2.10. The molecular weight excluding hydrogens is 272 g/mol. The maximum absolute atomic E-state index is 12.0. The lowest BCUT2D eigenvalue weighted by Crippen LogP contribution is -2.04. The fourth-order valence-electron chi connectivity index (χ4n) is 1.98. The van der Waals surface area contributed by atoms with Crippen molar-refractivity contribution in [2.24, 2.45) is 0 Å². The second kappa shape index (κ2) is 5.24. The van der Waals surface area contributed by atoms with E-state index in [0.717, 1.165) is 5.39 Å². The molecule has 6 nitrogen and oxygen atoms in total. The Balaban J connectivity index is 2.16. The van der Waals surface area contributed by atoms with E-state index in [2.05, 4.69) is 10.2 Å². The molecule has 2 heterocycles. The van der Waals surface area contributed by atoms with E-state index < -0.39 is 5.63 Å². The lowest BCUT2D eigenvalue weighted by molar-refractivity contribution is 0.392. The molecule has 0 saturated heterocycles. The molecule has 21 heavy (non-hydrogen) atoms. The fraction of sp³-hybridized carbons (Fsp3) is 0.133. The number of aromatic nitrogens is 2. The van der Waals surface area contributed by atoms with E-state index in [1.165, 1.54) is 7.11 Å². The van der Waals surface area contributed by atoms with E-state index in [1.54, 1.807) is 43.5 Å². The van der Waals surface area contributed by atoms with Crippen molar-refractivity contribution in [2.45, 2.75) is 0 Å². The van der Waals surface area contributed by atoms with Gasteiger partial charge < -0.3 is 13.9 Å². The molecule has 0 atom stereocenters. The van der Waals surface area contributed by atoms with Gasteiger partial charge in [-0.05, 0) is 30.3 Å². The van der Waals surface area contributed by atoms with Crippen LogP contribution in [0.5, 0.6) is 11.6 Å². The highest BCUT2D eigenvalue weighted by molar-refractivity contribution is 5.82. The SMILES string of the molecule is COc1ccc2oc(=O)c(-c3ccc(OC)nn3)cc2c1. The predicted molar refractivity (Wildman–Crippen MR) is 76.6 cm³/mol. The van der Waals surface area contributed by atoms with Gasteiger partial charge in [0.1, 0.15) is 17.0 Å². The minimum atomic E-state index is -0.466. The highest BCUT2D eigenvalue weighted by Crippen LogP contribution is 2.23. The number of rotatable bonds is 3. The van der Waals surface area contributed by atoms with Crippen LogP contribution in [0.4, 0.5) is 0 Å². The first-order valence-corrected chi connectivity index (χ1v) is 6.21. The van der Waals surface area contributed by atoms with E-state index >= 15 is 0 Å². The Kier molecular flexibility index (Phi) is 3.27. The third-order valence-corrected chi connectivity index (χ3v) is 3.06. The van der Waals surface area contributed by atoms with Crippen LogP contribution in [-0.4, -0.2) is 24.4 Å². The van der Waals surface area contributed by atoms with Crippen LogP contribution < -0.4 is 15.1 Å². The van der Waals surface area contributed by atoms with E-state index in [1.807, 2.05) is 0 Å². The smallest absolute Gasteiger partial charge is 0.345 e. The van der Waals surface area contributed by atoms with Gasteiger partial charge in [0.15, 0.2) is 0 Å². The summed E-state index contributed by atoms with van der Waals surface area (Å²) in [7, 11) is 3.08. The van der Waals surface area contributed by atoms with Crippen LogP contribution in [0.1, 0.15) is 0 Å². The van der Waals surface area contributed by atoms with Crippen LogP contribution >= 0.6 is 0 Å². The lowest BCUT2D eigenvalue weighted by Gasteiger charge is -2.04. The number of nitrogens with zero attached hydrogens (tertiary/aromatic N) is 2. The van der Waals surface area contributed by atoms with Gasteiger partial charge in [0.05, 0.1) is 19.8 Å². The van der Waals surface area contributed by atoms with Gasteiger partial charge in [-0.1, -0.05) is 0 Å². The molecule has 0 amide bonds. The monoisotopic (exact) mass is 284 g/mol. The topological polar surface area (TPSA) is 74.5 Å². The number of methoxy groups -OCH3 is 2. The van der Waals surface area contributed by atoms with E-state index in [-0.39, 0.29) is 0 Å². The highest BCUT2D eigenvalue weighted by atomic mass is 16.5. The van der Waals surface area contributed by atoms with Gasteiger partial charge in [-0.3, -0.25) is 0 Å². The molecule has 0 bridgehead atoms. The van der Waals surface area contributed by atoms with Crippen LogP contribution in [-0.2, 0) is 0 Å². The molecule has 0 radical (unpaired) electrons. The molecule has 0 N–H and O–H groups in total. The number of ether oxygens (including phenoxy) is 2. The average molecular weight is 284 g/mol. The van der Waals surface area contributed by atoms with Gasteiger partial charge in [0.2, 0.25) is 5.88 Å². The molecule has 1 aromatic carbocycles. The third kappa shape index (κ3) is 2.43. The van der Waals surface area contributed by atoms with Gasteiger partial charge >= 0.3 is 5.63 Å². The van der Waals surface area contributed by atoms with Crippen molar-refractivity contribution in [1.82, 2.24) is 10.2 Å². The van der Waals surface area contributed by atoms with E-state index in [9.17, 15) is 4.79 Å². The zero-order chi connectivity index (χ0) is 14.8. The molecule has 0 unspecified atom stereocenters. The fourth-order valence-corrected chi connectivity index (χ4v) is 1.98. The van der Waals surface area contributed by atoms with Crippen molar-refractivity contribution in [3.8, 4) is 22.9 Å². The van der Waals surface area contributed by atoms with Gasteiger partial charge in [-0.2, -0.15) is 0 Å². The second-order valence-corrected chi connectivity index (χ2v) is 4.31. The quantitative estimate of drug-likeness (QED) is 0.687. The first-order valence-electron chi connectivity index (χ1n) is 6.21. The number of hydrogen-bond acceptors (Lipinski definition) is 6. The summed E-state index contributed by atoms with van der Waals surface area (Å²) in [6, 6.07) is 10.2. The molecule has 0 aliphatic heterocycles. The van der Waals surface area contributed by atoms with Crippen LogP contribution in [0, 0.1) is 0 Å². The van der Waals surface area contributed by atoms with Crippen LogP contribution in [0.15, 0.2) is 45.6 Å². The normalized spacial score (nSPS) is 10.6. The summed E-state index contributed by atoms with van der Waals surface area (Å²) < 4.78 is 15.4. The van der Waals surface area contributed by atoms with Gasteiger partial charge in [-0.25, -0.2) is 4.79 Å². The van der Waals surface area contributed by atoms with Crippen LogP contribution in [0.2, 0.25) is 0 Å². The van der Waals surface area contributed by atoms with Crippen LogP contribution in [0.25, 0.3) is 22.2 Å². The molecule has 3 rings (SSSR count). The summed E-state index contributed by atoms with van der Waals surface area (Å²) in [5, 5.41) is 8.57. The average Bonchev–Trinajstić information content (AvgIpc) is 2.54. The lowest BCUT2D eigenvalue weighted by atomic mass is 10.1. The molecular formula is C15H12N2O4. The van der Waals surface area contributed by atoms with Crippen molar-refractivity contribution in [1.29, 1.82) is 0 Å². The summed E-state index contributed by atoms with van der Waals surface area (Å²) in [6.45, 7) is 0. The molecule has 0 aliphatic rings. The molecule has 0 aliphatic carbocycles. The summed E-state index contributed by atoms with van der Waals surface area (Å²) in [5.74, 6) is 1.06. The van der Waals surface area contributed by atoms with Gasteiger partial charge in [0.25, 0.3) is 0 Å². The van der Waals surface area contributed by atoms with Crippen LogP contribution in [0.3, 0.4) is 0 Å². The Bertz CT molecular complexity index is 840. The molecule has 106 valence electrons. The molecule has 0 saturated carbocycles. The molecule has 0 spiro atoms. The number of benzene rings is 1. The first-order chi connectivity index (χ1) is 10.2. The Morgan fingerprint density at radius 2 is 1.86 bits per heavy atom. The third-order valence-electron chi connectivity index (χ3n) is 3.06. The van der Waals surface area contributed by atoms with Gasteiger partial charge in [-0.15, -0.1) is 10.2 Å². The Morgan fingerprint density at radius 1 is 1.00 bits per heavy atom. The van der Waals surface area contributed by atoms with Crippen molar-refractivity contribution in [3.63, 3.8) is 0 Å². The predicted octanol–water partition coefficient (Wildman–Crippen LogP) is 2.27. The van der Waals surface area contributed by atoms with E-state index in [4.69, 9.17) is 13.9 Å². The molecule has 3 aromatic rings.